The Morgan fingerprint density at radius 2 is 1.17 bits per heavy atom. The number of hydrogen-bond donors (Lipinski definition) is 0. The van der Waals surface area contributed by atoms with E-state index in [1.54, 1.807) is 15.9 Å². The van der Waals surface area contributed by atoms with Crippen molar-refractivity contribution in [1.29, 1.82) is 0 Å². The van der Waals surface area contributed by atoms with Crippen molar-refractivity contribution in [2.75, 3.05) is 0 Å². The summed E-state index contributed by atoms with van der Waals surface area (Å²) in [6, 6.07) is 0. The molecule has 0 unspecified atom stereocenters. The maximum atomic E-state index is 8.06. The molecule has 0 saturated carbocycles. The van der Waals surface area contributed by atoms with Crippen LogP contribution in [0.2, 0.25) is 0 Å². The van der Waals surface area contributed by atoms with Gasteiger partial charge in [0.15, 0.2) is 17.4 Å². The number of rotatable bonds is 0. The fourth-order valence-electron chi connectivity index (χ4n) is 0. The molecule has 0 saturated heterocycles. The van der Waals surface area contributed by atoms with E-state index in [9.17, 15) is 0 Å². The van der Waals surface area contributed by atoms with Crippen LogP contribution in [0.1, 0.15) is 0 Å². The number of hydrogen-bond acceptors (Lipinski definition) is 1. The Labute approximate surface area is 88.2 Å². The molecule has 1 radical (unpaired) electrons. The third kappa shape index (κ3) is 31.9. The molecule has 0 aliphatic heterocycles. The van der Waals surface area contributed by atoms with E-state index >= 15 is 0 Å². The van der Waals surface area contributed by atoms with Gasteiger partial charge in [0.2, 0.25) is 0 Å². The molecule has 0 aromatic rings. The van der Waals surface area contributed by atoms with Gasteiger partial charge in [-0.05, 0) is 0 Å². The second kappa shape index (κ2) is 51.6. The molecule has 6 heavy (non-hydrogen) atoms. The first-order valence-corrected chi connectivity index (χ1v) is 0.636. The molecule has 0 aromatic carbocycles. The van der Waals surface area contributed by atoms with Crippen LogP contribution >= 0.6 is 0 Å². The standard InChI is InChI=1S/Al.Co.Li.Mn.Ni.O.4H. The minimum atomic E-state index is 0. The van der Waals surface area contributed by atoms with Gasteiger partial charge in [-0.2, -0.15) is 0 Å². The van der Waals surface area contributed by atoms with Crippen LogP contribution in [0.3, 0.4) is 0 Å². The van der Waals surface area contributed by atoms with Crippen molar-refractivity contribution >= 4 is 36.2 Å². The molecule has 0 N–H and O–H groups in total. The van der Waals surface area contributed by atoms with Crippen LogP contribution in [-0.4, -0.2) is 36.2 Å². The zero-order valence-corrected chi connectivity index (χ0v) is 4.64. The quantitative estimate of drug-likeness (QED) is 0.439. The molecule has 0 heterocycles. The predicted molar refractivity (Wildman–Crippen MR) is 17.8 cm³/mol. The minimum absolute atomic E-state index is 0. The van der Waals surface area contributed by atoms with Gasteiger partial charge in [0.25, 0.3) is 0 Å². The Morgan fingerprint density at radius 3 is 1.17 bits per heavy atom. The second-order valence-electron chi connectivity index (χ2n) is 0. The van der Waals surface area contributed by atoms with Crippen LogP contribution in [0.15, 0.2) is 0 Å². The summed E-state index contributed by atoms with van der Waals surface area (Å²) in [4.78, 5) is 0. The molecule has 0 aliphatic rings. The Kier molecular flexibility index (Phi) is 339. The van der Waals surface area contributed by atoms with E-state index in [0.29, 0.717) is 0 Å². The van der Waals surface area contributed by atoms with Gasteiger partial charge in [0.05, 0.1) is 0 Å². The van der Waals surface area contributed by atoms with E-state index < -0.39 is 0 Å². The SMILES string of the molecule is [AlH3].[Co].[LiH].[Ni].[O]=[Mn]. The van der Waals surface area contributed by atoms with Gasteiger partial charge in [0, 0.05) is 33.3 Å². The molecule has 40 valence electrons. The van der Waals surface area contributed by atoms with Crippen molar-refractivity contribution in [2.24, 2.45) is 0 Å². The summed E-state index contributed by atoms with van der Waals surface area (Å²) in [5, 5.41) is 0. The summed E-state index contributed by atoms with van der Waals surface area (Å²) in [6.45, 7) is 0. The van der Waals surface area contributed by atoms with E-state index in [0.717, 1.165) is 0 Å². The molecule has 0 atom stereocenters. The van der Waals surface area contributed by atoms with E-state index in [2.05, 4.69) is 0 Å². The van der Waals surface area contributed by atoms with Gasteiger partial charge in [0.1, 0.15) is 0 Å². The summed E-state index contributed by atoms with van der Waals surface area (Å²) in [7, 11) is 0. The van der Waals surface area contributed by atoms with Gasteiger partial charge >= 0.3 is 38.6 Å². The first kappa shape index (κ1) is 39.4. The predicted octanol–water partition coefficient (Wildman–Crippen LogP) is -1.96. The van der Waals surface area contributed by atoms with E-state index in [4.69, 9.17) is 3.83 Å². The van der Waals surface area contributed by atoms with Crippen LogP contribution in [-0.2, 0) is 53.0 Å². The fourth-order valence-corrected chi connectivity index (χ4v) is 0. The zero-order chi connectivity index (χ0) is 2.00. The van der Waals surface area contributed by atoms with Crippen molar-refractivity contribution in [3.63, 3.8) is 0 Å². The third-order valence-corrected chi connectivity index (χ3v) is 0. The molecule has 0 amide bonds. The topological polar surface area (TPSA) is 17.1 Å². The van der Waals surface area contributed by atoms with Crippen LogP contribution in [0.25, 0.3) is 0 Å². The fraction of sp³-hybridized carbons (Fsp3) is 0. The maximum absolute atomic E-state index is 8.06. The van der Waals surface area contributed by atoms with Crippen LogP contribution in [0, 0.1) is 0 Å². The summed E-state index contributed by atoms with van der Waals surface area (Å²) in [6.07, 6.45) is 0. The van der Waals surface area contributed by atoms with Gasteiger partial charge < -0.3 is 0 Å². The molecule has 0 aromatic heterocycles. The summed E-state index contributed by atoms with van der Waals surface area (Å²) in [5.74, 6) is 0. The average molecular weight is 227 g/mol. The first-order chi connectivity index (χ1) is 1.00. The Morgan fingerprint density at radius 1 is 1.17 bits per heavy atom. The Hall–Kier alpha value is 2.45. The van der Waals surface area contributed by atoms with Crippen molar-refractivity contribution < 1.29 is 53.0 Å². The van der Waals surface area contributed by atoms with E-state index in [1.807, 2.05) is 0 Å². The molecule has 0 bridgehead atoms. The molecule has 0 spiro atoms. The van der Waals surface area contributed by atoms with Crippen LogP contribution < -0.4 is 0 Å². The zero-order valence-electron chi connectivity index (χ0n) is 1.44. The van der Waals surface area contributed by atoms with E-state index in [1.165, 1.54) is 0 Å². The molecule has 0 aliphatic carbocycles. The van der Waals surface area contributed by atoms with E-state index in [-0.39, 0.29) is 69.5 Å². The van der Waals surface area contributed by atoms with Crippen LogP contribution in [0.4, 0.5) is 0 Å². The van der Waals surface area contributed by atoms with Gasteiger partial charge in [-0.3, -0.25) is 0 Å². The first-order valence-electron chi connectivity index (χ1n) is 0.154. The summed E-state index contributed by atoms with van der Waals surface area (Å²) >= 11 is 1.69. The van der Waals surface area contributed by atoms with Gasteiger partial charge in [-0.1, -0.05) is 0 Å². The van der Waals surface area contributed by atoms with Crippen molar-refractivity contribution in [3.8, 4) is 0 Å². The molecule has 0 rings (SSSR count). The summed E-state index contributed by atoms with van der Waals surface area (Å²) < 4.78 is 8.06. The summed E-state index contributed by atoms with van der Waals surface area (Å²) in [5.41, 5.74) is 0. The molecule has 6 heteroatoms. The monoisotopic (exact) mass is 226 g/mol. The molecule has 1 nitrogen and oxygen atoms in total. The van der Waals surface area contributed by atoms with Crippen LogP contribution in [0.5, 0.6) is 0 Å². The molecule has 0 fully saturated rings. The average Bonchev–Trinajstić information content (AvgIpc) is 1.00. The molecular formula is H4AlCoLiMnNiO. The van der Waals surface area contributed by atoms with Crippen molar-refractivity contribution in [1.82, 2.24) is 0 Å². The Balaban J connectivity index is -0.000000000833. The van der Waals surface area contributed by atoms with Gasteiger partial charge in [-0.15, -0.1) is 0 Å². The Bertz CT molecular complexity index is 15.5. The third-order valence-electron chi connectivity index (χ3n) is 0. The second-order valence-corrected chi connectivity index (χ2v) is 0. The normalized spacial score (nSPS) is 0.667. The van der Waals surface area contributed by atoms with Crippen molar-refractivity contribution in [2.45, 2.75) is 0 Å². The van der Waals surface area contributed by atoms with Crippen molar-refractivity contribution in [3.05, 3.63) is 0 Å². The molecular weight excluding hydrogens is 222 g/mol. The van der Waals surface area contributed by atoms with Gasteiger partial charge in [-0.25, -0.2) is 0 Å².